The number of allylic oxidation sites excluding steroid dienone is 1. The first-order chi connectivity index (χ1) is 13.9. The van der Waals surface area contributed by atoms with Gasteiger partial charge in [-0.1, -0.05) is 51.8 Å². The van der Waals surface area contributed by atoms with Gasteiger partial charge in [-0.2, -0.15) is 5.10 Å². The maximum absolute atomic E-state index is 12.8. The quantitative estimate of drug-likeness (QED) is 0.517. The minimum atomic E-state index is -1.13. The summed E-state index contributed by atoms with van der Waals surface area (Å²) in [6.07, 6.45) is 2.96. The van der Waals surface area contributed by atoms with Gasteiger partial charge in [0, 0.05) is 4.47 Å². The number of fused-ring (bicyclic) bond motifs is 1. The number of carboxylic acids is 1. The predicted octanol–water partition coefficient (Wildman–Crippen LogP) is 4.53. The fourth-order valence-corrected chi connectivity index (χ4v) is 3.67. The smallest absolute Gasteiger partial charge is 0.352 e. The van der Waals surface area contributed by atoms with Gasteiger partial charge in [-0.3, -0.25) is 4.79 Å². The summed E-state index contributed by atoms with van der Waals surface area (Å²) in [6, 6.07) is 13.8. The maximum Gasteiger partial charge on any atom is 0.352 e. The molecular formula is C20H14BrClN4O3. The Balaban J connectivity index is 1.74. The Bertz CT molecular complexity index is 1160. The van der Waals surface area contributed by atoms with E-state index in [1.54, 1.807) is 35.0 Å². The van der Waals surface area contributed by atoms with Crippen molar-refractivity contribution < 1.29 is 14.7 Å². The van der Waals surface area contributed by atoms with Gasteiger partial charge >= 0.3 is 5.97 Å². The molecule has 3 N–H and O–H groups in total. The number of carbonyl (C=O) groups excluding carboxylic acids is 1. The monoisotopic (exact) mass is 472 g/mol. The molecule has 1 atom stereocenters. The highest BCUT2D eigenvalue weighted by atomic mass is 79.9. The molecule has 1 aromatic heterocycles. The number of amides is 1. The van der Waals surface area contributed by atoms with Crippen LogP contribution in [0, 0.1) is 0 Å². The summed E-state index contributed by atoms with van der Waals surface area (Å²) >= 11 is 9.54. The third-order valence-corrected chi connectivity index (χ3v) is 5.25. The number of rotatable bonds is 4. The SMILES string of the molecule is O=C(O)C1=CC(c2cccc(Br)c2)n2ncc(C(=O)Nc3ccccc3Cl)c2N1. The summed E-state index contributed by atoms with van der Waals surface area (Å²) in [5.74, 6) is -1.29. The molecule has 1 unspecified atom stereocenters. The van der Waals surface area contributed by atoms with Crippen LogP contribution in [0.1, 0.15) is 22.0 Å². The molecule has 1 amide bonds. The van der Waals surface area contributed by atoms with Crippen LogP contribution in [-0.2, 0) is 4.79 Å². The number of aromatic nitrogens is 2. The van der Waals surface area contributed by atoms with E-state index in [2.05, 4.69) is 31.7 Å². The number of nitrogens with zero attached hydrogens (tertiary/aromatic N) is 2. The van der Waals surface area contributed by atoms with Crippen molar-refractivity contribution in [3.8, 4) is 0 Å². The summed E-state index contributed by atoms with van der Waals surface area (Å²) in [7, 11) is 0. The van der Waals surface area contributed by atoms with Crippen LogP contribution < -0.4 is 10.6 Å². The molecular weight excluding hydrogens is 460 g/mol. The molecule has 9 heteroatoms. The lowest BCUT2D eigenvalue weighted by Crippen LogP contribution is -2.25. The molecule has 7 nitrogen and oxygen atoms in total. The largest absolute Gasteiger partial charge is 0.477 e. The summed E-state index contributed by atoms with van der Waals surface area (Å²) < 4.78 is 2.43. The number of para-hydroxylation sites is 1. The molecule has 0 bridgehead atoms. The number of carbonyl (C=O) groups is 2. The van der Waals surface area contributed by atoms with Gasteiger partial charge in [0.15, 0.2) is 0 Å². The van der Waals surface area contributed by atoms with Gasteiger partial charge in [-0.25, -0.2) is 9.48 Å². The van der Waals surface area contributed by atoms with Crippen LogP contribution in [0.2, 0.25) is 5.02 Å². The van der Waals surface area contributed by atoms with Crippen molar-refractivity contribution in [3.05, 3.63) is 87.1 Å². The Labute approximate surface area is 179 Å². The summed E-state index contributed by atoms with van der Waals surface area (Å²) in [5, 5.41) is 19.8. The number of aliphatic carboxylic acids is 1. The number of carboxylic acid groups (broad SMARTS) is 1. The van der Waals surface area contributed by atoms with Gasteiger partial charge < -0.3 is 15.7 Å². The van der Waals surface area contributed by atoms with E-state index in [0.717, 1.165) is 10.0 Å². The van der Waals surface area contributed by atoms with Gasteiger partial charge in [0.1, 0.15) is 17.1 Å². The highest BCUT2D eigenvalue weighted by Gasteiger charge is 2.29. The van der Waals surface area contributed by atoms with Crippen LogP contribution >= 0.6 is 27.5 Å². The molecule has 0 saturated heterocycles. The van der Waals surface area contributed by atoms with E-state index in [4.69, 9.17) is 11.6 Å². The van der Waals surface area contributed by atoms with Crippen molar-refractivity contribution in [2.24, 2.45) is 0 Å². The summed E-state index contributed by atoms with van der Waals surface area (Å²) in [5.41, 5.74) is 1.45. The van der Waals surface area contributed by atoms with E-state index in [-0.39, 0.29) is 11.3 Å². The molecule has 3 aromatic rings. The maximum atomic E-state index is 12.8. The van der Waals surface area contributed by atoms with Gasteiger partial charge in [0.2, 0.25) is 0 Å². The van der Waals surface area contributed by atoms with Crippen LogP contribution in [0.5, 0.6) is 0 Å². The van der Waals surface area contributed by atoms with Gasteiger partial charge in [-0.15, -0.1) is 0 Å². The van der Waals surface area contributed by atoms with Crippen molar-refractivity contribution in [2.75, 3.05) is 10.6 Å². The first kappa shape index (κ1) is 19.2. The lowest BCUT2D eigenvalue weighted by atomic mass is 10.0. The van der Waals surface area contributed by atoms with Crippen LogP contribution in [0.3, 0.4) is 0 Å². The molecule has 146 valence electrons. The molecule has 29 heavy (non-hydrogen) atoms. The minimum absolute atomic E-state index is 0.0326. The molecule has 0 aliphatic carbocycles. The number of benzene rings is 2. The van der Waals surface area contributed by atoms with Crippen LogP contribution in [0.15, 0.2) is 71.0 Å². The molecule has 2 aromatic carbocycles. The Morgan fingerprint density at radius 2 is 2.00 bits per heavy atom. The third kappa shape index (κ3) is 3.76. The predicted molar refractivity (Wildman–Crippen MR) is 113 cm³/mol. The lowest BCUT2D eigenvalue weighted by molar-refractivity contribution is -0.132. The van der Waals surface area contributed by atoms with E-state index in [1.807, 2.05) is 24.3 Å². The molecule has 0 saturated carbocycles. The number of halogens is 2. The minimum Gasteiger partial charge on any atom is -0.477 e. The second kappa shape index (κ2) is 7.73. The number of hydrogen-bond donors (Lipinski definition) is 3. The van der Waals surface area contributed by atoms with Crippen molar-refractivity contribution >= 4 is 50.9 Å². The second-order valence-electron chi connectivity index (χ2n) is 6.30. The molecule has 0 fully saturated rings. The highest BCUT2D eigenvalue weighted by Crippen LogP contribution is 2.33. The topological polar surface area (TPSA) is 96.2 Å². The average molecular weight is 474 g/mol. The van der Waals surface area contributed by atoms with Crippen LogP contribution in [0.25, 0.3) is 0 Å². The summed E-state index contributed by atoms with van der Waals surface area (Å²) in [6.45, 7) is 0. The van der Waals surface area contributed by atoms with Crippen molar-refractivity contribution in [1.82, 2.24) is 9.78 Å². The first-order valence-corrected chi connectivity index (χ1v) is 9.72. The molecule has 4 rings (SSSR count). The average Bonchev–Trinajstić information content (AvgIpc) is 3.13. The van der Waals surface area contributed by atoms with Crippen LogP contribution in [-0.4, -0.2) is 26.8 Å². The van der Waals surface area contributed by atoms with E-state index in [1.165, 1.54) is 6.20 Å². The van der Waals surface area contributed by atoms with Crippen molar-refractivity contribution in [2.45, 2.75) is 6.04 Å². The normalized spacial score (nSPS) is 15.1. The van der Waals surface area contributed by atoms with E-state index in [9.17, 15) is 14.7 Å². The van der Waals surface area contributed by atoms with Gasteiger partial charge in [-0.05, 0) is 35.9 Å². The Morgan fingerprint density at radius 1 is 1.21 bits per heavy atom. The van der Waals surface area contributed by atoms with Gasteiger partial charge in [0.05, 0.1) is 22.9 Å². The Morgan fingerprint density at radius 3 is 2.72 bits per heavy atom. The van der Waals surface area contributed by atoms with E-state index >= 15 is 0 Å². The highest BCUT2D eigenvalue weighted by molar-refractivity contribution is 9.10. The number of anilines is 2. The zero-order chi connectivity index (χ0) is 20.5. The van der Waals surface area contributed by atoms with E-state index < -0.39 is 17.9 Å². The van der Waals surface area contributed by atoms with Crippen molar-refractivity contribution in [3.63, 3.8) is 0 Å². The molecule has 0 spiro atoms. The fraction of sp³-hybridized carbons (Fsp3) is 0.0500. The zero-order valence-electron chi connectivity index (χ0n) is 14.8. The van der Waals surface area contributed by atoms with Crippen molar-refractivity contribution in [1.29, 1.82) is 0 Å². The standard InChI is InChI=1S/C20H14BrClN4O3/c21-12-5-3-4-11(8-12)17-9-16(20(28)29)24-18-13(10-23-26(17)18)19(27)25-15-7-2-1-6-14(15)22/h1-10,17,24H,(H,25,27)(H,28,29). The zero-order valence-corrected chi connectivity index (χ0v) is 17.1. The molecule has 1 aliphatic rings. The van der Waals surface area contributed by atoms with E-state index in [0.29, 0.717) is 16.5 Å². The molecule has 2 heterocycles. The summed E-state index contributed by atoms with van der Waals surface area (Å²) in [4.78, 5) is 24.5. The lowest BCUT2D eigenvalue weighted by Gasteiger charge is -2.24. The molecule has 0 radical (unpaired) electrons. The van der Waals surface area contributed by atoms with Gasteiger partial charge in [0.25, 0.3) is 5.91 Å². The van der Waals surface area contributed by atoms with Crippen LogP contribution in [0.4, 0.5) is 11.5 Å². The number of nitrogens with one attached hydrogen (secondary N) is 2. The molecule has 1 aliphatic heterocycles. The fourth-order valence-electron chi connectivity index (χ4n) is 3.07. The second-order valence-corrected chi connectivity index (χ2v) is 7.62. The Hall–Kier alpha value is -3.10. The Kier molecular flexibility index (Phi) is 5.12. The third-order valence-electron chi connectivity index (χ3n) is 4.42. The first-order valence-electron chi connectivity index (χ1n) is 8.55. The number of hydrogen-bond acceptors (Lipinski definition) is 4.